The maximum absolute atomic E-state index is 13.9. The standard InChI is InChI=1S/C22H23FN2OS/c1-4-16-8-7-10-18(12-16)26-21-13-20(15(2)3)24-22(25-21)27-14-17-9-5-6-11-19(17)23/h5-13,15H,4,14H2,1-3H3. The molecule has 3 rings (SSSR count). The van der Waals surface area contributed by atoms with Gasteiger partial charge in [0.15, 0.2) is 5.16 Å². The molecular formula is C22H23FN2OS. The van der Waals surface area contributed by atoms with E-state index in [2.05, 4.69) is 36.8 Å². The van der Waals surface area contributed by atoms with Crippen molar-refractivity contribution in [3.05, 3.63) is 77.2 Å². The number of thioether (sulfide) groups is 1. The minimum absolute atomic E-state index is 0.210. The number of aromatic nitrogens is 2. The summed E-state index contributed by atoms with van der Waals surface area (Å²) >= 11 is 1.41. The molecule has 0 saturated heterocycles. The summed E-state index contributed by atoms with van der Waals surface area (Å²) in [6, 6.07) is 16.6. The van der Waals surface area contributed by atoms with E-state index in [1.54, 1.807) is 12.1 Å². The number of benzene rings is 2. The maximum atomic E-state index is 13.9. The summed E-state index contributed by atoms with van der Waals surface area (Å²) < 4.78 is 19.8. The highest BCUT2D eigenvalue weighted by molar-refractivity contribution is 7.98. The Kier molecular flexibility index (Phi) is 6.45. The summed E-state index contributed by atoms with van der Waals surface area (Å²) in [7, 11) is 0. The maximum Gasteiger partial charge on any atom is 0.223 e. The normalized spacial score (nSPS) is 11.0. The molecule has 2 aromatic carbocycles. The number of aryl methyl sites for hydroxylation is 1. The van der Waals surface area contributed by atoms with Gasteiger partial charge in [0.1, 0.15) is 11.6 Å². The third-order valence-corrected chi connectivity index (χ3v) is 5.03. The highest BCUT2D eigenvalue weighted by Crippen LogP contribution is 2.28. The molecule has 0 spiro atoms. The Labute approximate surface area is 164 Å². The molecule has 0 aliphatic heterocycles. The van der Waals surface area contributed by atoms with Gasteiger partial charge in [-0.25, -0.2) is 9.37 Å². The van der Waals surface area contributed by atoms with Crippen LogP contribution in [0.1, 0.15) is 43.5 Å². The second-order valence-electron chi connectivity index (χ2n) is 6.55. The minimum Gasteiger partial charge on any atom is -0.439 e. The lowest BCUT2D eigenvalue weighted by Gasteiger charge is -2.11. The van der Waals surface area contributed by atoms with E-state index in [1.165, 1.54) is 23.4 Å². The van der Waals surface area contributed by atoms with Gasteiger partial charge in [0.05, 0.1) is 5.69 Å². The largest absolute Gasteiger partial charge is 0.439 e. The van der Waals surface area contributed by atoms with E-state index in [0.29, 0.717) is 22.4 Å². The topological polar surface area (TPSA) is 35.0 Å². The average Bonchev–Trinajstić information content (AvgIpc) is 2.67. The van der Waals surface area contributed by atoms with E-state index in [0.717, 1.165) is 17.9 Å². The molecule has 0 aliphatic rings. The Balaban J connectivity index is 1.82. The van der Waals surface area contributed by atoms with Crippen LogP contribution in [0, 0.1) is 5.82 Å². The van der Waals surface area contributed by atoms with Crippen molar-refractivity contribution in [1.82, 2.24) is 9.97 Å². The number of hydrogen-bond donors (Lipinski definition) is 0. The van der Waals surface area contributed by atoms with E-state index in [4.69, 9.17) is 4.74 Å². The van der Waals surface area contributed by atoms with Crippen LogP contribution >= 0.6 is 11.8 Å². The van der Waals surface area contributed by atoms with Crippen molar-refractivity contribution in [2.24, 2.45) is 0 Å². The Morgan fingerprint density at radius 2 is 1.85 bits per heavy atom. The fourth-order valence-electron chi connectivity index (χ4n) is 2.54. The first-order valence-electron chi connectivity index (χ1n) is 9.07. The number of nitrogens with zero attached hydrogens (tertiary/aromatic N) is 2. The van der Waals surface area contributed by atoms with E-state index in [9.17, 15) is 4.39 Å². The molecule has 0 radical (unpaired) electrons. The molecule has 0 amide bonds. The van der Waals surface area contributed by atoms with Gasteiger partial charge in [-0.05, 0) is 41.7 Å². The van der Waals surface area contributed by atoms with Crippen LogP contribution in [0.4, 0.5) is 4.39 Å². The fourth-order valence-corrected chi connectivity index (χ4v) is 3.38. The van der Waals surface area contributed by atoms with Crippen molar-refractivity contribution in [3.63, 3.8) is 0 Å². The zero-order valence-electron chi connectivity index (χ0n) is 15.8. The molecule has 27 heavy (non-hydrogen) atoms. The lowest BCUT2D eigenvalue weighted by atomic mass is 10.1. The fraction of sp³-hybridized carbons (Fsp3) is 0.273. The molecule has 0 unspecified atom stereocenters. The Morgan fingerprint density at radius 3 is 2.59 bits per heavy atom. The molecule has 0 saturated carbocycles. The monoisotopic (exact) mass is 382 g/mol. The van der Waals surface area contributed by atoms with Gasteiger partial charge >= 0.3 is 0 Å². The van der Waals surface area contributed by atoms with E-state index in [1.807, 2.05) is 30.3 Å². The third kappa shape index (κ3) is 5.30. The third-order valence-electron chi connectivity index (χ3n) is 4.14. The second-order valence-corrected chi connectivity index (χ2v) is 7.49. The number of halogens is 1. The van der Waals surface area contributed by atoms with Crippen LogP contribution < -0.4 is 4.74 Å². The summed E-state index contributed by atoms with van der Waals surface area (Å²) in [5.41, 5.74) is 2.75. The molecule has 1 aromatic heterocycles. The van der Waals surface area contributed by atoms with Crippen molar-refractivity contribution in [2.75, 3.05) is 0 Å². The summed E-state index contributed by atoms with van der Waals surface area (Å²) in [6.45, 7) is 6.27. The first-order valence-corrected chi connectivity index (χ1v) is 10.1. The average molecular weight is 383 g/mol. The van der Waals surface area contributed by atoms with Crippen LogP contribution in [0.25, 0.3) is 0 Å². The zero-order valence-corrected chi connectivity index (χ0v) is 16.6. The van der Waals surface area contributed by atoms with Gasteiger partial charge in [-0.2, -0.15) is 4.98 Å². The Bertz CT molecular complexity index is 914. The number of hydrogen-bond acceptors (Lipinski definition) is 4. The van der Waals surface area contributed by atoms with E-state index < -0.39 is 0 Å². The second kappa shape index (κ2) is 9.00. The minimum atomic E-state index is -0.210. The van der Waals surface area contributed by atoms with Crippen molar-refractivity contribution >= 4 is 11.8 Å². The van der Waals surface area contributed by atoms with Gasteiger partial charge in [0, 0.05) is 11.8 Å². The van der Waals surface area contributed by atoms with Crippen molar-refractivity contribution < 1.29 is 9.13 Å². The molecule has 0 N–H and O–H groups in total. The van der Waals surface area contributed by atoms with Crippen LogP contribution in [0.15, 0.2) is 59.8 Å². The lowest BCUT2D eigenvalue weighted by molar-refractivity contribution is 0.452. The first kappa shape index (κ1) is 19.4. The predicted octanol–water partition coefficient (Wildman–Crippen LogP) is 6.39. The smallest absolute Gasteiger partial charge is 0.223 e. The SMILES string of the molecule is CCc1cccc(Oc2cc(C(C)C)nc(SCc3ccccc3F)n2)c1. The Hall–Kier alpha value is -2.40. The van der Waals surface area contributed by atoms with Crippen molar-refractivity contribution in [1.29, 1.82) is 0 Å². The van der Waals surface area contributed by atoms with Crippen molar-refractivity contribution in [2.45, 2.75) is 44.0 Å². The molecule has 0 bridgehead atoms. The molecule has 3 nitrogen and oxygen atoms in total. The van der Waals surface area contributed by atoms with Gasteiger partial charge in [-0.15, -0.1) is 0 Å². The van der Waals surface area contributed by atoms with Crippen LogP contribution in [-0.4, -0.2) is 9.97 Å². The van der Waals surface area contributed by atoms with Gasteiger partial charge < -0.3 is 4.74 Å². The summed E-state index contributed by atoms with van der Waals surface area (Å²) in [5, 5.41) is 0.589. The molecular weight excluding hydrogens is 359 g/mol. The predicted molar refractivity (Wildman–Crippen MR) is 108 cm³/mol. The van der Waals surface area contributed by atoms with Crippen LogP contribution in [-0.2, 0) is 12.2 Å². The molecule has 1 heterocycles. The summed E-state index contributed by atoms with van der Waals surface area (Å²) in [6.07, 6.45) is 0.946. The van der Waals surface area contributed by atoms with Crippen LogP contribution in [0.3, 0.4) is 0 Å². The van der Waals surface area contributed by atoms with E-state index in [-0.39, 0.29) is 11.7 Å². The molecule has 0 aliphatic carbocycles. The zero-order chi connectivity index (χ0) is 19.2. The summed E-state index contributed by atoms with van der Waals surface area (Å²) in [5.74, 6) is 1.77. The first-order chi connectivity index (χ1) is 13.0. The molecule has 3 aromatic rings. The molecule has 140 valence electrons. The Morgan fingerprint density at radius 1 is 1.04 bits per heavy atom. The quantitative estimate of drug-likeness (QED) is 0.350. The van der Waals surface area contributed by atoms with Gasteiger partial charge in [-0.1, -0.05) is 62.9 Å². The van der Waals surface area contributed by atoms with Gasteiger partial charge in [0.2, 0.25) is 5.88 Å². The lowest BCUT2D eigenvalue weighted by Crippen LogP contribution is -2.00. The van der Waals surface area contributed by atoms with Gasteiger partial charge in [0.25, 0.3) is 0 Å². The van der Waals surface area contributed by atoms with E-state index >= 15 is 0 Å². The highest BCUT2D eigenvalue weighted by atomic mass is 32.2. The molecule has 0 atom stereocenters. The van der Waals surface area contributed by atoms with Crippen molar-refractivity contribution in [3.8, 4) is 11.6 Å². The number of rotatable bonds is 7. The highest BCUT2D eigenvalue weighted by Gasteiger charge is 2.11. The van der Waals surface area contributed by atoms with Gasteiger partial charge in [-0.3, -0.25) is 0 Å². The van der Waals surface area contributed by atoms with Crippen LogP contribution in [0.5, 0.6) is 11.6 Å². The molecule has 0 fully saturated rings. The number of ether oxygens (including phenoxy) is 1. The van der Waals surface area contributed by atoms with Crippen LogP contribution in [0.2, 0.25) is 0 Å². The molecule has 5 heteroatoms. The summed E-state index contributed by atoms with van der Waals surface area (Å²) in [4.78, 5) is 9.12.